The van der Waals surface area contributed by atoms with Crippen LogP contribution in [-0.2, 0) is 93.8 Å². The molecule has 1 saturated carbocycles. The number of nitrogens with one attached hydrogen (secondary N) is 1. The fraction of sp³-hybridized carbons (Fsp3) is 0.667. The number of oxazole rings is 1. The van der Waals surface area contributed by atoms with E-state index in [4.69, 9.17) is 73.1 Å². The molecule has 678 valence electrons. The Bertz CT molecular complexity index is 4340. The van der Waals surface area contributed by atoms with Crippen LogP contribution in [0.5, 0.6) is 0 Å². The Kier molecular flexibility index (Phi) is 37.9. The zero-order valence-corrected chi connectivity index (χ0v) is 73.8. The number of carbonyl (C=O) groups excluding carboxylic acids is 6. The van der Waals surface area contributed by atoms with Gasteiger partial charge in [-0.15, -0.1) is 0 Å². The Labute approximate surface area is 722 Å². The molecule has 4 fully saturated rings. The highest BCUT2D eigenvalue weighted by Crippen LogP contribution is 2.40. The zero-order valence-electron chi connectivity index (χ0n) is 73.8. The number of benzene rings is 1. The molecule has 0 spiro atoms. The first kappa shape index (κ1) is 96.6. The maximum atomic E-state index is 15.0. The second-order valence-corrected chi connectivity index (χ2v) is 33.7. The van der Waals surface area contributed by atoms with E-state index < -0.39 is 90.2 Å². The number of piperazine rings is 1. The number of aromatic nitrogens is 7. The van der Waals surface area contributed by atoms with Crippen molar-refractivity contribution in [2.75, 3.05) is 143 Å². The van der Waals surface area contributed by atoms with Gasteiger partial charge >= 0.3 is 11.9 Å². The highest BCUT2D eigenvalue weighted by Gasteiger charge is 2.53. The highest BCUT2D eigenvalue weighted by atomic mass is 16.6. The fourth-order valence-corrected chi connectivity index (χ4v) is 17.3. The minimum Gasteiger partial charge on any atom is -0.460 e. The highest BCUT2D eigenvalue weighted by molar-refractivity contribution is 6.39. The van der Waals surface area contributed by atoms with E-state index in [-0.39, 0.29) is 86.2 Å². The summed E-state index contributed by atoms with van der Waals surface area (Å²) in [5.41, 5.74) is 17.4. The Balaban J connectivity index is 0.615. The molecule has 3 saturated heterocycles. The molecule has 0 unspecified atom stereocenters. The number of hydrogen-bond acceptors (Lipinski definition) is 30. The number of unbranched alkanes of at least 4 members (excludes halogenated alkanes) is 1. The van der Waals surface area contributed by atoms with Crippen molar-refractivity contribution in [1.29, 1.82) is 0 Å². The number of Topliss-reactive ketones (excluding diaryl/α,β-unsaturated/α-hetero) is 2. The number of piperidine rings is 1. The summed E-state index contributed by atoms with van der Waals surface area (Å²) in [6, 6.07) is 4.44. The van der Waals surface area contributed by atoms with E-state index >= 15 is 0 Å². The third-order valence-electron chi connectivity index (χ3n) is 24.7. The number of methoxy groups -OCH3 is 4. The molecule has 10 rings (SSSR count). The maximum absolute atomic E-state index is 15.0. The van der Waals surface area contributed by atoms with Crippen LogP contribution in [0.4, 0.5) is 17.8 Å². The second kappa shape index (κ2) is 48.2. The fourth-order valence-electron chi connectivity index (χ4n) is 17.3. The van der Waals surface area contributed by atoms with E-state index in [1.165, 1.54) is 18.3 Å². The predicted octanol–water partition coefficient (Wildman–Crippen LogP) is 8.89. The largest absolute Gasteiger partial charge is 0.460 e. The van der Waals surface area contributed by atoms with E-state index in [0.29, 0.717) is 175 Å². The lowest BCUT2D eigenvalue weighted by atomic mass is 9.78. The molecule has 7 N–H and O–H groups in total. The number of nitrogens with zero attached hydrogens (tertiary/aromatic N) is 10. The summed E-state index contributed by atoms with van der Waals surface area (Å²) in [5.74, 6) is -6.78. The molecule has 0 radical (unpaired) electrons. The number of amides is 2. The average Bonchev–Trinajstić information content (AvgIpc) is 1.70. The summed E-state index contributed by atoms with van der Waals surface area (Å²) >= 11 is 0. The summed E-state index contributed by atoms with van der Waals surface area (Å²) in [6.45, 7) is 21.6. The van der Waals surface area contributed by atoms with Gasteiger partial charge in [-0.05, 0) is 150 Å². The first-order chi connectivity index (χ1) is 59.3. The molecule has 33 nitrogen and oxygen atoms in total. The van der Waals surface area contributed by atoms with Crippen LogP contribution in [0.15, 0.2) is 88.9 Å². The second-order valence-electron chi connectivity index (χ2n) is 33.7. The Morgan fingerprint density at radius 1 is 0.732 bits per heavy atom. The van der Waals surface area contributed by atoms with Crippen molar-refractivity contribution in [3.63, 3.8) is 0 Å². The van der Waals surface area contributed by atoms with Crippen LogP contribution >= 0.6 is 0 Å². The van der Waals surface area contributed by atoms with Gasteiger partial charge in [-0.25, -0.2) is 29.4 Å². The van der Waals surface area contributed by atoms with E-state index in [9.17, 15) is 39.0 Å². The summed E-state index contributed by atoms with van der Waals surface area (Å²) in [7, 11) is 6.19. The van der Waals surface area contributed by atoms with Gasteiger partial charge in [-0.2, -0.15) is 10.1 Å². The van der Waals surface area contributed by atoms with Gasteiger partial charge in [0.25, 0.3) is 17.7 Å². The van der Waals surface area contributed by atoms with Crippen LogP contribution in [0.1, 0.15) is 157 Å². The van der Waals surface area contributed by atoms with Crippen LogP contribution in [-0.4, -0.2) is 278 Å². The number of aryl methyl sites for hydroxylation is 2. The third kappa shape index (κ3) is 27.5. The van der Waals surface area contributed by atoms with Crippen molar-refractivity contribution in [2.45, 2.75) is 225 Å². The van der Waals surface area contributed by atoms with Crippen molar-refractivity contribution in [3.05, 3.63) is 90.1 Å². The van der Waals surface area contributed by atoms with E-state index in [2.05, 4.69) is 40.0 Å². The standard InChI is InChI=1S/C90H133N13O20/c1-57-19-13-12-14-20-58(2)72(112-8)52-67-26-22-63(7)90(111,123-67)83(108)86(109)102-32-17-15-21-69(102)87(110)121-74(53-73(113-9)59(3)48-62(6)81(107)82(115-11)80(106)61(5)47-57)60(4)49-64-23-27-71(75(50-64)114-10)120-77(105)29-24-65-54-94-89(95-55-65)101-36-34-100(35-37-101)38-40-117-42-44-119-46-45-118-43-41-116-39-30-76(104)93-31-16-18-33-103-85-78(84(91)96-56-97-85)79(99-103)66-25-28-70-68(51-66)98-88(92)122-70/h12-14,19-20,25,28,48,51,54-57,59-61,63-64,67,69,71-75,81-82,107,111H,15-18,21-24,26-27,29-47,49-50,52-53H2,1-11H3,(H2,92,98)(H,93,104)(H2,91,96,97)/b14-12+,19-13+,58-20+,62-48+/t57-,59-,60-,61-,63-,64+,67+,69+,71-,72+,73-,74+,75-,81-,82+,90-/m1/s1. The quantitative estimate of drug-likeness (QED) is 0.0113. The minimum absolute atomic E-state index is 0.0104. The topological polar surface area (TPSA) is 414 Å². The number of nitrogens with two attached hydrogens (primary N) is 2. The summed E-state index contributed by atoms with van der Waals surface area (Å²) in [4.78, 5) is 112. The van der Waals surface area contributed by atoms with Crippen molar-refractivity contribution in [2.24, 2.45) is 35.5 Å². The number of aliphatic hydroxyl groups excluding tert-OH is 1. The van der Waals surface area contributed by atoms with Gasteiger partial charge in [0.1, 0.15) is 53.8 Å². The minimum atomic E-state index is -2.45. The van der Waals surface area contributed by atoms with Gasteiger partial charge in [-0.3, -0.25) is 28.9 Å². The predicted molar refractivity (Wildman–Crippen MR) is 461 cm³/mol. The number of aliphatic hydroxyl groups is 2. The molecule has 1 aliphatic carbocycles. The van der Waals surface area contributed by atoms with Crippen LogP contribution in [0.2, 0.25) is 0 Å². The third-order valence-corrected chi connectivity index (χ3v) is 24.7. The molecule has 5 aliphatic rings. The van der Waals surface area contributed by atoms with Crippen LogP contribution < -0.4 is 21.7 Å². The molecule has 2 bridgehead atoms. The van der Waals surface area contributed by atoms with Gasteiger partial charge in [0.15, 0.2) is 17.0 Å². The maximum Gasteiger partial charge on any atom is 0.329 e. The van der Waals surface area contributed by atoms with Crippen molar-refractivity contribution in [3.8, 4) is 11.3 Å². The van der Waals surface area contributed by atoms with Crippen molar-refractivity contribution >= 4 is 75.2 Å². The van der Waals surface area contributed by atoms with Crippen LogP contribution in [0, 0.1) is 35.5 Å². The van der Waals surface area contributed by atoms with Gasteiger partial charge in [0, 0.05) is 142 Å². The normalized spacial score (nSPS) is 28.4. The van der Waals surface area contributed by atoms with Crippen LogP contribution in [0.25, 0.3) is 33.4 Å². The molecule has 8 heterocycles. The summed E-state index contributed by atoms with van der Waals surface area (Å²) < 4.78 is 73.0. The summed E-state index contributed by atoms with van der Waals surface area (Å²) in [5, 5.41) is 32.5. The molecule has 2 amide bonds. The Hall–Kier alpha value is -8.58. The number of rotatable bonds is 33. The van der Waals surface area contributed by atoms with E-state index in [1.807, 2.05) is 83.2 Å². The number of ketones is 2. The van der Waals surface area contributed by atoms with Crippen molar-refractivity contribution < 1.29 is 95.5 Å². The monoisotopic (exact) mass is 1720 g/mol. The van der Waals surface area contributed by atoms with Crippen molar-refractivity contribution in [1.82, 2.24) is 49.8 Å². The number of carbonyl (C=O) groups is 6. The van der Waals surface area contributed by atoms with Gasteiger partial charge < -0.3 is 93.3 Å². The number of cyclic esters (lactones) is 1. The van der Waals surface area contributed by atoms with Gasteiger partial charge in [0.05, 0.1) is 82.7 Å². The number of anilines is 3. The molecule has 33 heteroatoms. The number of ether oxygens (including phenoxy) is 11. The number of nitrogen functional groups attached to an aromatic ring is 2. The molecular weight excluding hydrogens is 1580 g/mol. The molecule has 4 aromatic heterocycles. The first-order valence-electron chi connectivity index (χ1n) is 44.0. The lowest BCUT2D eigenvalue weighted by Crippen LogP contribution is -2.61. The SMILES string of the molecule is CO[C@H]1C[C@@H]2CC[C@@H](C)[C@@](O)(O2)C(=O)C(=O)N2CCCC[C@H]2C(=O)O[C@H]([C@H](C)C[C@@H]2CC[C@@H](OC(=O)CCc3cnc(N4CCN(CCOCCOCCOCCOCCC(=O)NCCCCn5nc(-c6ccc7oc(N)nc7c6)c6c(N)ncnc65)CC4)nc3)[C@H](OC)C2)C[C@@H](OC)[C@H](C)/C=C(\C)[C@@H](O)[C@@H](OC)C(=O)[C@H](C)C[C@H](C)/C=C/C=C/C=C/1C. The summed E-state index contributed by atoms with van der Waals surface area (Å²) in [6.07, 6.45) is 18.6. The molecule has 4 aliphatic heterocycles. The number of esters is 2. The van der Waals surface area contributed by atoms with E-state index in [1.54, 1.807) is 58.3 Å². The number of allylic oxidation sites excluding steroid dienone is 5. The lowest BCUT2D eigenvalue weighted by molar-refractivity contribution is -0.265. The smallest absolute Gasteiger partial charge is 0.329 e. The lowest BCUT2D eigenvalue weighted by Gasteiger charge is -2.43. The van der Waals surface area contributed by atoms with Gasteiger partial charge in [-0.1, -0.05) is 71.1 Å². The average molecular weight is 1720 g/mol. The first-order valence-corrected chi connectivity index (χ1v) is 44.0. The van der Waals surface area contributed by atoms with E-state index in [0.717, 1.165) is 62.3 Å². The number of hydrogen-bond donors (Lipinski definition) is 5. The number of fused-ring (bicyclic) bond motifs is 5. The molecular formula is C90H133N13O20. The van der Waals surface area contributed by atoms with Crippen LogP contribution in [0.3, 0.4) is 0 Å². The molecule has 1 aromatic carbocycles. The molecule has 16 atom stereocenters. The van der Waals surface area contributed by atoms with Gasteiger partial charge in [0.2, 0.25) is 17.6 Å². The Morgan fingerprint density at radius 3 is 2.17 bits per heavy atom. The molecule has 123 heavy (non-hydrogen) atoms. The Morgan fingerprint density at radius 2 is 1.46 bits per heavy atom. The zero-order chi connectivity index (χ0) is 88.1. The molecule has 5 aromatic rings.